The number of imidazole rings is 1. The van der Waals surface area contributed by atoms with Crippen molar-refractivity contribution in [2.75, 3.05) is 29.5 Å². The number of nitrogens with one attached hydrogen (secondary N) is 3. The van der Waals surface area contributed by atoms with Crippen molar-refractivity contribution in [2.24, 2.45) is 0 Å². The Morgan fingerprint density at radius 2 is 1.94 bits per heavy atom. The van der Waals surface area contributed by atoms with Crippen LogP contribution < -0.4 is 16.4 Å². The molecule has 0 aliphatic rings. The molecule has 33 heavy (non-hydrogen) atoms. The van der Waals surface area contributed by atoms with Gasteiger partial charge in [-0.05, 0) is 24.3 Å². The quantitative estimate of drug-likeness (QED) is 0.171. The molecule has 3 heterocycles. The van der Waals surface area contributed by atoms with Gasteiger partial charge in [-0.15, -0.1) is 0 Å². The van der Waals surface area contributed by atoms with Crippen molar-refractivity contribution in [1.82, 2.24) is 24.9 Å². The van der Waals surface area contributed by atoms with Gasteiger partial charge in [0, 0.05) is 48.3 Å². The van der Waals surface area contributed by atoms with E-state index in [1.54, 1.807) is 30.7 Å². The van der Waals surface area contributed by atoms with Gasteiger partial charge in [-0.2, -0.15) is 0 Å². The maximum atomic E-state index is 14.6. The summed E-state index contributed by atoms with van der Waals surface area (Å²) in [4.78, 5) is 30.1. The molecule has 0 bridgehead atoms. The van der Waals surface area contributed by atoms with Gasteiger partial charge in [0.15, 0.2) is 0 Å². The van der Waals surface area contributed by atoms with Crippen molar-refractivity contribution in [3.8, 4) is 22.6 Å². The zero-order valence-electron chi connectivity index (χ0n) is 16.9. The van der Waals surface area contributed by atoms with Crippen LogP contribution in [0.1, 0.15) is 0 Å². The van der Waals surface area contributed by atoms with Gasteiger partial charge in [0.05, 0.1) is 16.2 Å². The molecule has 5 N–H and O–H groups in total. The number of nitrogens with two attached hydrogens (primary N) is 1. The number of anilines is 3. The molecule has 0 amide bonds. The Balaban J connectivity index is 1.49. The number of rotatable bonds is 8. The fraction of sp³-hybridized carbons (Fsp3) is 0.100. The number of aromatic nitrogens is 5. The fourth-order valence-electron chi connectivity index (χ4n) is 3.02. The first-order valence-electron chi connectivity index (χ1n) is 9.63. The largest absolute Gasteiger partial charge is 0.378 e. The highest BCUT2D eigenvalue weighted by Crippen LogP contribution is 2.31. The molecule has 4 aromatic rings. The van der Waals surface area contributed by atoms with Crippen molar-refractivity contribution in [1.29, 1.82) is 0 Å². The lowest BCUT2D eigenvalue weighted by atomic mass is 10.1. The van der Waals surface area contributed by atoms with Gasteiger partial charge in [0.1, 0.15) is 17.5 Å². The molecule has 0 aliphatic heterocycles. The summed E-state index contributed by atoms with van der Waals surface area (Å²) in [6.07, 6.45) is 4.77. The predicted molar refractivity (Wildman–Crippen MR) is 122 cm³/mol. The number of nitro groups is 1. The summed E-state index contributed by atoms with van der Waals surface area (Å²) < 4.78 is 14.6. The number of nitrogens with zero attached hydrogens (tertiary/aromatic N) is 5. The Morgan fingerprint density at radius 3 is 2.64 bits per heavy atom. The van der Waals surface area contributed by atoms with Crippen molar-refractivity contribution in [3.05, 3.63) is 69.9 Å². The Morgan fingerprint density at radius 1 is 1.12 bits per heavy atom. The third kappa shape index (κ3) is 4.96. The van der Waals surface area contributed by atoms with E-state index in [-0.39, 0.29) is 28.0 Å². The molecule has 0 radical (unpaired) electrons. The third-order valence-corrected chi connectivity index (χ3v) is 4.78. The Hall–Kier alpha value is -4.32. The molecule has 3 aromatic heterocycles. The predicted octanol–water partition coefficient (Wildman–Crippen LogP) is 3.74. The first-order valence-corrected chi connectivity index (χ1v) is 10.0. The highest BCUT2D eigenvalue weighted by molar-refractivity contribution is 6.30. The number of hydrogen-bond acceptors (Lipinski definition) is 9. The molecule has 168 valence electrons. The monoisotopic (exact) mass is 469 g/mol. The van der Waals surface area contributed by atoms with E-state index in [1.807, 2.05) is 0 Å². The first kappa shape index (κ1) is 21.9. The third-order valence-electron chi connectivity index (χ3n) is 4.54. The zero-order valence-corrected chi connectivity index (χ0v) is 17.7. The maximum absolute atomic E-state index is 14.6. The van der Waals surface area contributed by atoms with Crippen LogP contribution in [-0.4, -0.2) is 42.9 Å². The molecule has 0 fully saturated rings. The number of H-pyrrole nitrogens is 1. The average molecular weight is 470 g/mol. The summed E-state index contributed by atoms with van der Waals surface area (Å²) in [5.74, 6) is 0.452. The molecule has 0 atom stereocenters. The summed E-state index contributed by atoms with van der Waals surface area (Å²) >= 11 is 5.89. The van der Waals surface area contributed by atoms with Crippen LogP contribution in [0, 0.1) is 15.9 Å². The molecule has 0 aliphatic carbocycles. The number of pyridine rings is 1. The number of nitrogen functional groups attached to an aromatic ring is 1. The van der Waals surface area contributed by atoms with Gasteiger partial charge in [0.25, 0.3) is 0 Å². The van der Waals surface area contributed by atoms with E-state index in [0.717, 1.165) is 0 Å². The van der Waals surface area contributed by atoms with Crippen molar-refractivity contribution in [3.63, 3.8) is 0 Å². The van der Waals surface area contributed by atoms with Gasteiger partial charge < -0.3 is 21.4 Å². The molecule has 0 spiro atoms. The minimum Gasteiger partial charge on any atom is -0.378 e. The lowest BCUT2D eigenvalue weighted by Crippen LogP contribution is -2.16. The zero-order chi connectivity index (χ0) is 23.4. The van der Waals surface area contributed by atoms with Crippen molar-refractivity contribution in [2.45, 2.75) is 0 Å². The highest BCUT2D eigenvalue weighted by Gasteiger charge is 2.17. The number of halogens is 2. The lowest BCUT2D eigenvalue weighted by molar-refractivity contribution is -0.384. The second-order valence-corrected chi connectivity index (χ2v) is 7.17. The van der Waals surface area contributed by atoms with E-state index in [2.05, 4.69) is 35.6 Å². The molecule has 0 saturated carbocycles. The van der Waals surface area contributed by atoms with Crippen LogP contribution in [0.25, 0.3) is 22.6 Å². The maximum Gasteiger partial charge on any atom is 0.311 e. The minimum absolute atomic E-state index is 0.176. The van der Waals surface area contributed by atoms with Gasteiger partial charge in [-0.25, -0.2) is 24.3 Å². The normalized spacial score (nSPS) is 10.7. The second kappa shape index (κ2) is 9.44. The van der Waals surface area contributed by atoms with Crippen LogP contribution in [0.4, 0.5) is 27.7 Å². The highest BCUT2D eigenvalue weighted by atomic mass is 35.5. The van der Waals surface area contributed by atoms with E-state index in [1.165, 1.54) is 18.2 Å². The van der Waals surface area contributed by atoms with Crippen LogP contribution >= 0.6 is 11.6 Å². The molecular formula is C20H17ClFN9O2. The van der Waals surface area contributed by atoms with Gasteiger partial charge in [0.2, 0.25) is 11.8 Å². The summed E-state index contributed by atoms with van der Waals surface area (Å²) in [5, 5.41) is 17.1. The van der Waals surface area contributed by atoms with Crippen molar-refractivity contribution < 1.29 is 9.31 Å². The summed E-state index contributed by atoms with van der Waals surface area (Å²) in [6.45, 7) is 0.763. The molecular weight excluding hydrogens is 453 g/mol. The smallest absolute Gasteiger partial charge is 0.311 e. The summed E-state index contributed by atoms with van der Waals surface area (Å²) in [7, 11) is 0. The molecule has 0 unspecified atom stereocenters. The number of aromatic amines is 1. The Labute approximate surface area is 191 Å². The van der Waals surface area contributed by atoms with Crippen LogP contribution in [-0.2, 0) is 0 Å². The minimum atomic E-state index is -0.599. The lowest BCUT2D eigenvalue weighted by Gasteiger charge is -2.12. The Kier molecular flexibility index (Phi) is 6.26. The molecule has 13 heteroatoms. The van der Waals surface area contributed by atoms with Gasteiger partial charge in [-0.3, -0.25) is 10.1 Å². The molecule has 1 aromatic carbocycles. The molecule has 0 saturated heterocycles. The second-order valence-electron chi connectivity index (χ2n) is 6.73. The number of hydrogen-bond donors (Lipinski definition) is 4. The average Bonchev–Trinajstić information content (AvgIpc) is 3.31. The summed E-state index contributed by atoms with van der Waals surface area (Å²) in [5.41, 5.74) is 6.45. The Bertz CT molecular complexity index is 1300. The number of benzene rings is 1. The van der Waals surface area contributed by atoms with E-state index in [0.29, 0.717) is 36.0 Å². The first-order chi connectivity index (χ1) is 15.9. The van der Waals surface area contributed by atoms with Crippen LogP contribution in [0.2, 0.25) is 5.02 Å². The van der Waals surface area contributed by atoms with Crippen LogP contribution in [0.3, 0.4) is 0 Å². The van der Waals surface area contributed by atoms with Gasteiger partial charge in [-0.1, -0.05) is 11.6 Å². The van der Waals surface area contributed by atoms with Crippen LogP contribution in [0.5, 0.6) is 0 Å². The van der Waals surface area contributed by atoms with E-state index in [4.69, 9.17) is 17.3 Å². The SMILES string of the molecule is Nc1nc(NCCNc2ncc(-c3ncc[nH]3)c(-c3ccc(Cl)cc3F)n2)ccc1[N+](=O)[O-]. The van der Waals surface area contributed by atoms with E-state index >= 15 is 0 Å². The summed E-state index contributed by atoms with van der Waals surface area (Å²) in [6, 6.07) is 7.08. The van der Waals surface area contributed by atoms with Crippen molar-refractivity contribution >= 4 is 34.9 Å². The topological polar surface area (TPSA) is 161 Å². The standard InChI is InChI=1S/C20H17ClFN9O2/c21-11-1-2-12(14(22)9-11)17-13(19-25-6-7-26-19)10-28-20(30-17)27-8-5-24-16-4-3-15(31(32)33)18(23)29-16/h1-4,6-7,9-10H,5,8H2,(H,25,26)(H3,23,24,29)(H,27,28,30). The molecule has 11 nitrogen and oxygen atoms in total. The fourth-order valence-corrected chi connectivity index (χ4v) is 3.18. The van der Waals surface area contributed by atoms with E-state index < -0.39 is 10.7 Å². The van der Waals surface area contributed by atoms with Gasteiger partial charge >= 0.3 is 5.69 Å². The molecule has 4 rings (SSSR count). The van der Waals surface area contributed by atoms with E-state index in [9.17, 15) is 14.5 Å². The van der Waals surface area contributed by atoms with Crippen LogP contribution in [0.15, 0.2) is 48.9 Å².